The highest BCUT2D eigenvalue weighted by Crippen LogP contribution is 2.19. The maximum absolute atomic E-state index is 11.8. The molecule has 0 saturated carbocycles. The molecule has 0 unspecified atom stereocenters. The lowest BCUT2D eigenvalue weighted by Gasteiger charge is -2.15. The largest absolute Gasteiger partial charge is 0.497 e. The van der Waals surface area contributed by atoms with Crippen LogP contribution in [0.25, 0.3) is 10.9 Å². The molecule has 0 aliphatic heterocycles. The van der Waals surface area contributed by atoms with Gasteiger partial charge in [-0.15, -0.1) is 0 Å². The molecule has 6 heteroatoms. The fourth-order valence-electron chi connectivity index (χ4n) is 2.07. The number of carbonyl (C=O) groups is 1. The summed E-state index contributed by atoms with van der Waals surface area (Å²) in [5.41, 5.74) is 9.78. The Morgan fingerprint density at radius 1 is 1.43 bits per heavy atom. The molecular formula is C17H22N4O2. The van der Waals surface area contributed by atoms with Gasteiger partial charge in [0.1, 0.15) is 5.75 Å². The molecular weight excluding hydrogens is 292 g/mol. The van der Waals surface area contributed by atoms with Crippen molar-refractivity contribution in [1.29, 1.82) is 0 Å². The quantitative estimate of drug-likeness (QED) is 0.631. The van der Waals surface area contributed by atoms with Gasteiger partial charge in [0, 0.05) is 5.39 Å². The van der Waals surface area contributed by atoms with E-state index in [9.17, 15) is 4.79 Å². The van der Waals surface area contributed by atoms with Crippen molar-refractivity contribution >= 4 is 23.0 Å². The van der Waals surface area contributed by atoms with Gasteiger partial charge in [0.25, 0.3) is 5.91 Å². The number of fused-ring (bicyclic) bond motifs is 1. The van der Waals surface area contributed by atoms with Crippen LogP contribution in [0.4, 0.5) is 0 Å². The third-order valence-electron chi connectivity index (χ3n) is 3.85. The molecule has 6 nitrogen and oxygen atoms in total. The van der Waals surface area contributed by atoms with Crippen LogP contribution in [0.1, 0.15) is 26.0 Å². The fourth-order valence-corrected chi connectivity index (χ4v) is 2.07. The van der Waals surface area contributed by atoms with E-state index < -0.39 is 6.04 Å². The summed E-state index contributed by atoms with van der Waals surface area (Å²) in [7, 11) is 1.63. The Hall–Kier alpha value is -2.47. The van der Waals surface area contributed by atoms with Crippen molar-refractivity contribution in [2.75, 3.05) is 7.11 Å². The number of hydrogen-bond acceptors (Lipinski definition) is 5. The number of benzene rings is 1. The summed E-state index contributed by atoms with van der Waals surface area (Å²) in [5.74, 6) is 0.604. The summed E-state index contributed by atoms with van der Waals surface area (Å²) in [4.78, 5) is 16.3. The molecule has 1 aromatic carbocycles. The Morgan fingerprint density at radius 2 is 2.22 bits per heavy atom. The minimum absolute atomic E-state index is 0.110. The second-order valence-electron chi connectivity index (χ2n) is 5.44. The van der Waals surface area contributed by atoms with Crippen molar-refractivity contribution < 1.29 is 9.53 Å². The van der Waals surface area contributed by atoms with Crippen LogP contribution in [0.15, 0.2) is 35.4 Å². The number of hydrogen-bond donors (Lipinski definition) is 2. The number of carbonyl (C=O) groups excluding carboxylic acids is 1. The standard InChI is InChI=1S/C17H22N4O2/c1-4-11(2)16(18)17(22)21-19-10-13-6-5-12-9-14(23-3)7-8-15(12)20-13/h5-11,16H,4,18H2,1-3H3,(H,21,22)/b19-10-/t11-,16+/m1/s1. The van der Waals surface area contributed by atoms with E-state index in [1.165, 1.54) is 6.21 Å². The SMILES string of the molecule is CC[C@@H](C)[C@H](N)C(=O)N/N=C\c1ccc2cc(OC)ccc2n1. The van der Waals surface area contributed by atoms with Crippen LogP contribution in [0.5, 0.6) is 5.75 Å². The Bertz CT molecular complexity index is 715. The number of aromatic nitrogens is 1. The molecule has 1 amide bonds. The first-order valence-corrected chi connectivity index (χ1v) is 7.58. The topological polar surface area (TPSA) is 89.6 Å². The monoisotopic (exact) mass is 314 g/mol. The minimum Gasteiger partial charge on any atom is -0.497 e. The molecule has 2 atom stereocenters. The van der Waals surface area contributed by atoms with Crippen LogP contribution in [0.3, 0.4) is 0 Å². The molecule has 2 aromatic rings. The fraction of sp³-hybridized carbons (Fsp3) is 0.353. The summed E-state index contributed by atoms with van der Waals surface area (Å²) in [5, 5.41) is 4.90. The van der Waals surface area contributed by atoms with Crippen molar-refractivity contribution in [3.8, 4) is 5.75 Å². The predicted molar refractivity (Wildman–Crippen MR) is 91.5 cm³/mol. The molecule has 0 radical (unpaired) electrons. The number of hydrazone groups is 1. The summed E-state index contributed by atoms with van der Waals surface area (Å²) in [6.45, 7) is 3.93. The van der Waals surface area contributed by atoms with E-state index in [4.69, 9.17) is 10.5 Å². The van der Waals surface area contributed by atoms with Crippen LogP contribution in [-0.2, 0) is 4.79 Å². The van der Waals surface area contributed by atoms with E-state index in [-0.39, 0.29) is 11.8 Å². The third kappa shape index (κ3) is 4.26. The Morgan fingerprint density at radius 3 is 2.91 bits per heavy atom. The lowest BCUT2D eigenvalue weighted by Crippen LogP contribution is -2.42. The van der Waals surface area contributed by atoms with E-state index in [1.54, 1.807) is 7.11 Å². The van der Waals surface area contributed by atoms with E-state index in [0.29, 0.717) is 5.69 Å². The molecule has 1 aromatic heterocycles. The van der Waals surface area contributed by atoms with E-state index in [1.807, 2.05) is 44.2 Å². The number of nitrogens with one attached hydrogen (secondary N) is 1. The van der Waals surface area contributed by atoms with Gasteiger partial charge >= 0.3 is 0 Å². The van der Waals surface area contributed by atoms with Gasteiger partial charge in [0.2, 0.25) is 0 Å². The first-order valence-electron chi connectivity index (χ1n) is 7.58. The second-order valence-corrected chi connectivity index (χ2v) is 5.44. The summed E-state index contributed by atoms with van der Waals surface area (Å²) in [6, 6.07) is 8.84. The number of amides is 1. The van der Waals surface area contributed by atoms with Crippen LogP contribution in [0, 0.1) is 5.92 Å². The average Bonchev–Trinajstić information content (AvgIpc) is 2.59. The zero-order chi connectivity index (χ0) is 16.8. The van der Waals surface area contributed by atoms with Gasteiger partial charge in [-0.1, -0.05) is 26.3 Å². The summed E-state index contributed by atoms with van der Waals surface area (Å²) < 4.78 is 5.18. The predicted octanol–water partition coefficient (Wildman–Crippen LogP) is 2.07. The van der Waals surface area contributed by atoms with Crippen molar-refractivity contribution in [1.82, 2.24) is 10.4 Å². The lowest BCUT2D eigenvalue weighted by atomic mass is 10.00. The summed E-state index contributed by atoms with van der Waals surface area (Å²) in [6.07, 6.45) is 2.35. The van der Waals surface area contributed by atoms with Gasteiger partial charge < -0.3 is 10.5 Å². The highest BCUT2D eigenvalue weighted by molar-refractivity contribution is 5.87. The number of rotatable bonds is 6. The Kier molecular flexibility index (Phi) is 5.65. The number of nitrogens with two attached hydrogens (primary N) is 1. The Labute approximate surface area is 135 Å². The molecule has 0 spiro atoms. The Balaban J connectivity index is 2.05. The van der Waals surface area contributed by atoms with E-state index in [2.05, 4.69) is 15.5 Å². The van der Waals surface area contributed by atoms with Crippen LogP contribution < -0.4 is 15.9 Å². The molecule has 0 bridgehead atoms. The van der Waals surface area contributed by atoms with Gasteiger partial charge in [-0.05, 0) is 30.2 Å². The smallest absolute Gasteiger partial charge is 0.257 e. The summed E-state index contributed by atoms with van der Waals surface area (Å²) >= 11 is 0. The first-order chi connectivity index (χ1) is 11.0. The van der Waals surface area contributed by atoms with Gasteiger partial charge in [0.15, 0.2) is 0 Å². The van der Waals surface area contributed by atoms with Crippen molar-refractivity contribution in [2.45, 2.75) is 26.3 Å². The molecule has 3 N–H and O–H groups in total. The van der Waals surface area contributed by atoms with Gasteiger partial charge in [-0.25, -0.2) is 10.4 Å². The first kappa shape index (κ1) is 16.9. The number of ether oxygens (including phenoxy) is 1. The minimum atomic E-state index is -0.561. The highest BCUT2D eigenvalue weighted by atomic mass is 16.5. The van der Waals surface area contributed by atoms with E-state index >= 15 is 0 Å². The normalized spacial score (nSPS) is 13.9. The zero-order valence-corrected chi connectivity index (χ0v) is 13.6. The molecule has 122 valence electrons. The average molecular weight is 314 g/mol. The van der Waals surface area contributed by atoms with Crippen LogP contribution >= 0.6 is 0 Å². The molecule has 2 rings (SSSR count). The number of pyridine rings is 1. The molecule has 0 saturated heterocycles. The van der Waals surface area contributed by atoms with Crippen molar-refractivity contribution in [3.63, 3.8) is 0 Å². The van der Waals surface area contributed by atoms with E-state index in [0.717, 1.165) is 23.1 Å². The lowest BCUT2D eigenvalue weighted by molar-refractivity contribution is -0.123. The van der Waals surface area contributed by atoms with Gasteiger partial charge in [-0.2, -0.15) is 5.10 Å². The molecule has 1 heterocycles. The molecule has 0 aliphatic carbocycles. The van der Waals surface area contributed by atoms with Gasteiger partial charge in [-0.3, -0.25) is 4.79 Å². The number of methoxy groups -OCH3 is 1. The third-order valence-corrected chi connectivity index (χ3v) is 3.85. The van der Waals surface area contributed by atoms with Crippen LogP contribution in [0.2, 0.25) is 0 Å². The van der Waals surface area contributed by atoms with Crippen molar-refractivity contribution in [2.24, 2.45) is 16.8 Å². The van der Waals surface area contributed by atoms with Gasteiger partial charge in [0.05, 0.1) is 30.6 Å². The van der Waals surface area contributed by atoms with Crippen LogP contribution in [-0.4, -0.2) is 30.3 Å². The zero-order valence-electron chi connectivity index (χ0n) is 13.6. The highest BCUT2D eigenvalue weighted by Gasteiger charge is 2.18. The maximum atomic E-state index is 11.8. The molecule has 0 fully saturated rings. The number of nitrogens with zero attached hydrogens (tertiary/aromatic N) is 2. The van der Waals surface area contributed by atoms with Crippen molar-refractivity contribution in [3.05, 3.63) is 36.0 Å². The molecule has 23 heavy (non-hydrogen) atoms. The molecule has 0 aliphatic rings. The maximum Gasteiger partial charge on any atom is 0.257 e. The second kappa shape index (κ2) is 7.69.